The molecule has 146 valence electrons. The molecular formula is C20H34N4O2. The van der Waals surface area contributed by atoms with Gasteiger partial charge in [0.1, 0.15) is 0 Å². The number of benzene rings is 1. The lowest BCUT2D eigenvalue weighted by Gasteiger charge is -2.15. The maximum atomic E-state index is 12.1. The number of carbonyl (C=O) groups excluding carboxylic acids is 2. The van der Waals surface area contributed by atoms with Crippen LogP contribution >= 0.6 is 0 Å². The fourth-order valence-corrected chi connectivity index (χ4v) is 2.71. The van der Waals surface area contributed by atoms with E-state index in [1.54, 1.807) is 6.07 Å². The topological polar surface area (TPSA) is 82.3 Å². The van der Waals surface area contributed by atoms with E-state index in [1.165, 1.54) is 0 Å². The van der Waals surface area contributed by atoms with Gasteiger partial charge in [-0.15, -0.1) is 0 Å². The Balaban J connectivity index is 2.49. The molecule has 1 aromatic rings. The first-order valence-corrected chi connectivity index (χ1v) is 9.68. The van der Waals surface area contributed by atoms with Crippen molar-refractivity contribution in [2.75, 3.05) is 23.7 Å². The van der Waals surface area contributed by atoms with Crippen LogP contribution in [0.15, 0.2) is 24.3 Å². The fraction of sp³-hybridized carbons (Fsp3) is 0.600. The van der Waals surface area contributed by atoms with Gasteiger partial charge in [-0.25, -0.2) is 0 Å². The van der Waals surface area contributed by atoms with Gasteiger partial charge in [-0.1, -0.05) is 33.8 Å². The van der Waals surface area contributed by atoms with E-state index in [-0.39, 0.29) is 24.9 Å². The Labute approximate surface area is 157 Å². The number of nitrogens with one attached hydrogen (secondary N) is 4. The first kappa shape index (κ1) is 22.1. The van der Waals surface area contributed by atoms with E-state index in [1.807, 2.05) is 18.2 Å². The second-order valence-electron chi connectivity index (χ2n) is 6.47. The highest BCUT2D eigenvalue weighted by molar-refractivity contribution is 5.95. The molecule has 6 nitrogen and oxygen atoms in total. The Morgan fingerprint density at radius 1 is 0.769 bits per heavy atom. The molecule has 6 heteroatoms. The van der Waals surface area contributed by atoms with Crippen molar-refractivity contribution in [2.24, 2.45) is 0 Å². The van der Waals surface area contributed by atoms with Crippen LogP contribution in [0, 0.1) is 0 Å². The Morgan fingerprint density at radius 2 is 1.15 bits per heavy atom. The van der Waals surface area contributed by atoms with E-state index in [4.69, 9.17) is 0 Å². The summed E-state index contributed by atoms with van der Waals surface area (Å²) in [4.78, 5) is 24.1. The maximum Gasteiger partial charge on any atom is 0.238 e. The zero-order valence-electron chi connectivity index (χ0n) is 16.5. The third-order valence-electron chi connectivity index (χ3n) is 4.50. The van der Waals surface area contributed by atoms with Crippen LogP contribution in [0.5, 0.6) is 0 Å². The lowest BCUT2D eigenvalue weighted by atomic mass is 10.2. The lowest BCUT2D eigenvalue weighted by molar-refractivity contribution is -0.116. The van der Waals surface area contributed by atoms with Crippen LogP contribution < -0.4 is 21.3 Å². The molecule has 0 unspecified atom stereocenters. The summed E-state index contributed by atoms with van der Waals surface area (Å²) in [6.07, 6.45) is 3.99. The Morgan fingerprint density at radius 3 is 1.50 bits per heavy atom. The summed E-state index contributed by atoms with van der Waals surface area (Å²) in [6, 6.07) is 7.92. The third-order valence-corrected chi connectivity index (χ3v) is 4.50. The second kappa shape index (κ2) is 12.4. The van der Waals surface area contributed by atoms with Crippen molar-refractivity contribution in [1.82, 2.24) is 10.6 Å². The number of carbonyl (C=O) groups is 2. The molecule has 2 amide bonds. The molecule has 26 heavy (non-hydrogen) atoms. The number of rotatable bonds is 12. The van der Waals surface area contributed by atoms with Crippen LogP contribution in [-0.4, -0.2) is 37.0 Å². The molecule has 1 rings (SSSR count). The standard InChI is InChI=1S/C20H34N4O2/c1-5-15(6-2)21-13-19(25)23-17-10-9-11-18(12-17)24-20(26)14-22-16(7-3)8-4/h9-12,15-16,21-22H,5-8,13-14H2,1-4H3,(H,23,25)(H,24,26). The van der Waals surface area contributed by atoms with Gasteiger partial charge in [-0.2, -0.15) is 0 Å². The van der Waals surface area contributed by atoms with Crippen LogP contribution in [0.1, 0.15) is 53.4 Å². The van der Waals surface area contributed by atoms with Gasteiger partial charge in [0, 0.05) is 23.5 Å². The van der Waals surface area contributed by atoms with Crippen molar-refractivity contribution < 1.29 is 9.59 Å². The average molecular weight is 363 g/mol. The Kier molecular flexibility index (Phi) is 10.6. The molecule has 0 aromatic heterocycles. The quantitative estimate of drug-likeness (QED) is 0.460. The van der Waals surface area contributed by atoms with Gasteiger partial charge in [-0.05, 0) is 43.9 Å². The summed E-state index contributed by atoms with van der Waals surface area (Å²) in [6.45, 7) is 8.96. The summed E-state index contributed by atoms with van der Waals surface area (Å²) in [5.74, 6) is -0.174. The molecule has 0 aliphatic heterocycles. The molecule has 0 bridgehead atoms. The molecular weight excluding hydrogens is 328 g/mol. The molecule has 0 saturated carbocycles. The molecule has 0 aliphatic rings. The van der Waals surface area contributed by atoms with E-state index in [2.05, 4.69) is 49.0 Å². The zero-order chi connectivity index (χ0) is 19.4. The van der Waals surface area contributed by atoms with Gasteiger partial charge in [-0.3, -0.25) is 9.59 Å². The summed E-state index contributed by atoms with van der Waals surface area (Å²) in [5, 5.41) is 12.2. The highest BCUT2D eigenvalue weighted by Gasteiger charge is 2.09. The van der Waals surface area contributed by atoms with Crippen LogP contribution in [0.4, 0.5) is 11.4 Å². The highest BCUT2D eigenvalue weighted by Crippen LogP contribution is 2.15. The minimum absolute atomic E-state index is 0.0872. The Bertz CT molecular complexity index is 509. The van der Waals surface area contributed by atoms with Crippen molar-refractivity contribution in [3.05, 3.63) is 24.3 Å². The summed E-state index contributed by atoms with van der Waals surface area (Å²) in [7, 11) is 0. The molecule has 0 radical (unpaired) electrons. The molecule has 0 heterocycles. The molecule has 4 N–H and O–H groups in total. The van der Waals surface area contributed by atoms with Crippen molar-refractivity contribution in [2.45, 2.75) is 65.5 Å². The zero-order valence-corrected chi connectivity index (χ0v) is 16.5. The number of hydrogen-bond donors (Lipinski definition) is 4. The smallest absolute Gasteiger partial charge is 0.238 e. The molecule has 0 saturated heterocycles. The molecule has 0 aliphatic carbocycles. The van der Waals surface area contributed by atoms with E-state index >= 15 is 0 Å². The summed E-state index contributed by atoms with van der Waals surface area (Å²) < 4.78 is 0. The van der Waals surface area contributed by atoms with Gasteiger partial charge in [0.05, 0.1) is 13.1 Å². The van der Waals surface area contributed by atoms with Crippen molar-refractivity contribution in [3.8, 4) is 0 Å². The second-order valence-corrected chi connectivity index (χ2v) is 6.47. The van der Waals surface area contributed by atoms with Crippen LogP contribution in [-0.2, 0) is 9.59 Å². The fourth-order valence-electron chi connectivity index (χ4n) is 2.71. The van der Waals surface area contributed by atoms with Gasteiger partial charge in [0.25, 0.3) is 0 Å². The van der Waals surface area contributed by atoms with Crippen LogP contribution in [0.25, 0.3) is 0 Å². The maximum absolute atomic E-state index is 12.1. The molecule has 1 aromatic carbocycles. The van der Waals surface area contributed by atoms with Crippen LogP contribution in [0.2, 0.25) is 0 Å². The highest BCUT2D eigenvalue weighted by atomic mass is 16.2. The molecule has 0 spiro atoms. The van der Waals surface area contributed by atoms with Crippen molar-refractivity contribution >= 4 is 23.2 Å². The first-order chi connectivity index (χ1) is 12.5. The van der Waals surface area contributed by atoms with E-state index in [9.17, 15) is 9.59 Å². The molecule has 0 atom stereocenters. The van der Waals surface area contributed by atoms with Gasteiger partial charge in [0.15, 0.2) is 0 Å². The number of anilines is 2. The minimum atomic E-state index is -0.0872. The third kappa shape index (κ3) is 8.45. The average Bonchev–Trinajstić information content (AvgIpc) is 2.63. The number of hydrogen-bond acceptors (Lipinski definition) is 4. The monoisotopic (exact) mass is 362 g/mol. The largest absolute Gasteiger partial charge is 0.325 e. The van der Waals surface area contributed by atoms with Gasteiger partial charge >= 0.3 is 0 Å². The van der Waals surface area contributed by atoms with E-state index < -0.39 is 0 Å². The van der Waals surface area contributed by atoms with E-state index in [0.717, 1.165) is 25.7 Å². The predicted molar refractivity (Wildman–Crippen MR) is 108 cm³/mol. The number of amides is 2. The summed E-state index contributed by atoms with van der Waals surface area (Å²) in [5.41, 5.74) is 1.35. The van der Waals surface area contributed by atoms with Crippen molar-refractivity contribution in [3.63, 3.8) is 0 Å². The van der Waals surface area contributed by atoms with Crippen molar-refractivity contribution in [1.29, 1.82) is 0 Å². The minimum Gasteiger partial charge on any atom is -0.325 e. The SMILES string of the molecule is CCC(CC)NCC(=O)Nc1cccc(NC(=O)CNC(CC)CC)c1. The normalized spacial score (nSPS) is 11.0. The Hall–Kier alpha value is -1.92. The summed E-state index contributed by atoms with van der Waals surface area (Å²) >= 11 is 0. The van der Waals surface area contributed by atoms with Gasteiger partial charge in [0.2, 0.25) is 11.8 Å². The molecule has 0 fully saturated rings. The lowest BCUT2D eigenvalue weighted by Crippen LogP contribution is -2.35. The van der Waals surface area contributed by atoms with Crippen LogP contribution in [0.3, 0.4) is 0 Å². The van der Waals surface area contributed by atoms with E-state index in [0.29, 0.717) is 23.5 Å². The van der Waals surface area contributed by atoms with Gasteiger partial charge < -0.3 is 21.3 Å². The first-order valence-electron chi connectivity index (χ1n) is 9.68. The predicted octanol–water partition coefficient (Wildman–Crippen LogP) is 3.12.